The van der Waals surface area contributed by atoms with E-state index in [2.05, 4.69) is 26.2 Å². The van der Waals surface area contributed by atoms with Crippen LogP contribution < -0.4 is 5.32 Å². The first kappa shape index (κ1) is 12.0. The van der Waals surface area contributed by atoms with E-state index in [1.165, 1.54) is 6.07 Å². The summed E-state index contributed by atoms with van der Waals surface area (Å²) in [5.41, 5.74) is 1.66. The highest BCUT2D eigenvalue weighted by atomic mass is 79.9. The summed E-state index contributed by atoms with van der Waals surface area (Å²) in [5.74, 6) is 0.571. The van der Waals surface area contributed by atoms with E-state index in [0.717, 1.165) is 15.9 Å². The molecule has 1 N–H and O–H groups in total. The first-order chi connectivity index (χ1) is 8.16. The first-order valence-electron chi connectivity index (χ1n) is 5.26. The highest BCUT2D eigenvalue weighted by molar-refractivity contribution is 9.10. The van der Waals surface area contributed by atoms with Gasteiger partial charge in [0.25, 0.3) is 0 Å². The second kappa shape index (κ2) is 5.27. The van der Waals surface area contributed by atoms with E-state index in [1.54, 1.807) is 18.3 Å². The Morgan fingerprint density at radius 3 is 2.94 bits per heavy atom. The van der Waals surface area contributed by atoms with Crippen LogP contribution in [0.15, 0.2) is 41.0 Å². The van der Waals surface area contributed by atoms with Crippen molar-refractivity contribution in [2.75, 3.05) is 5.32 Å². The van der Waals surface area contributed by atoms with E-state index < -0.39 is 0 Å². The lowest BCUT2D eigenvalue weighted by Crippen LogP contribution is -2.04. The zero-order valence-electron chi connectivity index (χ0n) is 9.37. The van der Waals surface area contributed by atoms with Gasteiger partial charge in [0.2, 0.25) is 0 Å². The Morgan fingerprint density at radius 2 is 2.18 bits per heavy atom. The minimum atomic E-state index is -0.214. The van der Waals surface area contributed by atoms with Gasteiger partial charge >= 0.3 is 0 Å². The molecule has 2 aromatic rings. The van der Waals surface area contributed by atoms with Crippen molar-refractivity contribution >= 4 is 21.7 Å². The van der Waals surface area contributed by atoms with Crippen LogP contribution >= 0.6 is 15.9 Å². The van der Waals surface area contributed by atoms with Crippen LogP contribution in [0.4, 0.5) is 10.2 Å². The van der Waals surface area contributed by atoms with Gasteiger partial charge in [0.15, 0.2) is 0 Å². The number of halogens is 2. The largest absolute Gasteiger partial charge is 0.366 e. The van der Waals surface area contributed by atoms with Crippen molar-refractivity contribution in [2.45, 2.75) is 13.5 Å². The lowest BCUT2D eigenvalue weighted by atomic mass is 10.2. The molecule has 0 saturated carbocycles. The average molecular weight is 295 g/mol. The third-order valence-electron chi connectivity index (χ3n) is 2.46. The Kier molecular flexibility index (Phi) is 3.74. The number of benzene rings is 1. The molecular weight excluding hydrogens is 283 g/mol. The molecule has 2 nitrogen and oxygen atoms in total. The summed E-state index contributed by atoms with van der Waals surface area (Å²) < 4.78 is 14.4. The Balaban J connectivity index is 2.12. The highest BCUT2D eigenvalue weighted by Gasteiger charge is 2.04. The zero-order valence-corrected chi connectivity index (χ0v) is 11.0. The summed E-state index contributed by atoms with van der Waals surface area (Å²) in [7, 11) is 0. The van der Waals surface area contributed by atoms with Gasteiger partial charge < -0.3 is 5.32 Å². The van der Waals surface area contributed by atoms with Gasteiger partial charge in [-0.2, -0.15) is 0 Å². The van der Waals surface area contributed by atoms with Crippen LogP contribution in [0.1, 0.15) is 11.1 Å². The van der Waals surface area contributed by atoms with Gasteiger partial charge in [-0.05, 0) is 36.8 Å². The Bertz CT molecular complexity index is 529. The van der Waals surface area contributed by atoms with Crippen LogP contribution in [0.3, 0.4) is 0 Å². The monoisotopic (exact) mass is 294 g/mol. The molecule has 0 amide bonds. The minimum Gasteiger partial charge on any atom is -0.366 e. The van der Waals surface area contributed by atoms with Crippen molar-refractivity contribution in [3.63, 3.8) is 0 Å². The van der Waals surface area contributed by atoms with Crippen molar-refractivity contribution < 1.29 is 4.39 Å². The molecule has 88 valence electrons. The molecule has 0 bridgehead atoms. The van der Waals surface area contributed by atoms with Gasteiger partial charge in [0.1, 0.15) is 11.6 Å². The summed E-state index contributed by atoms with van der Waals surface area (Å²) in [6, 6.07) is 8.74. The minimum absolute atomic E-state index is 0.214. The van der Waals surface area contributed by atoms with E-state index in [0.29, 0.717) is 12.1 Å². The quantitative estimate of drug-likeness (QED) is 0.928. The summed E-state index contributed by atoms with van der Waals surface area (Å²) in [5, 5.41) is 3.13. The average Bonchev–Trinajstić information content (AvgIpc) is 2.32. The van der Waals surface area contributed by atoms with E-state index in [9.17, 15) is 4.39 Å². The van der Waals surface area contributed by atoms with Gasteiger partial charge in [0, 0.05) is 22.8 Å². The lowest BCUT2D eigenvalue weighted by Gasteiger charge is -2.09. The summed E-state index contributed by atoms with van der Waals surface area (Å²) in [4.78, 5) is 4.20. The van der Waals surface area contributed by atoms with Crippen LogP contribution in [0.25, 0.3) is 0 Å². The maximum atomic E-state index is 13.5. The Hall–Kier alpha value is -1.42. The van der Waals surface area contributed by atoms with E-state index in [1.807, 2.05) is 19.1 Å². The second-order valence-corrected chi connectivity index (χ2v) is 4.67. The molecular formula is C13H12BrFN2. The van der Waals surface area contributed by atoms with E-state index >= 15 is 0 Å². The standard InChI is InChI=1S/C13H12BrFN2/c1-9-3-2-6-16-13(9)17-8-10-7-11(14)4-5-12(10)15/h2-7H,8H2,1H3,(H,16,17). The van der Waals surface area contributed by atoms with E-state index in [4.69, 9.17) is 0 Å². The Morgan fingerprint density at radius 1 is 1.35 bits per heavy atom. The number of nitrogens with one attached hydrogen (secondary N) is 1. The molecule has 1 heterocycles. The summed E-state index contributed by atoms with van der Waals surface area (Å²) in [6.45, 7) is 2.38. The van der Waals surface area contributed by atoms with Crippen molar-refractivity contribution in [1.29, 1.82) is 0 Å². The van der Waals surface area contributed by atoms with Crippen molar-refractivity contribution in [3.8, 4) is 0 Å². The van der Waals surface area contributed by atoms with Gasteiger partial charge in [0.05, 0.1) is 0 Å². The summed E-state index contributed by atoms with van der Waals surface area (Å²) >= 11 is 3.33. The maximum absolute atomic E-state index is 13.5. The molecule has 0 atom stereocenters. The topological polar surface area (TPSA) is 24.9 Å². The third kappa shape index (κ3) is 3.03. The molecule has 0 aliphatic rings. The summed E-state index contributed by atoms with van der Waals surface area (Å²) in [6.07, 6.45) is 1.71. The zero-order chi connectivity index (χ0) is 12.3. The number of rotatable bonds is 3. The molecule has 0 aliphatic heterocycles. The molecule has 2 rings (SSSR count). The lowest BCUT2D eigenvalue weighted by molar-refractivity contribution is 0.612. The molecule has 0 aliphatic carbocycles. The molecule has 0 unspecified atom stereocenters. The van der Waals surface area contributed by atoms with Crippen LogP contribution in [-0.2, 0) is 6.54 Å². The van der Waals surface area contributed by atoms with Gasteiger partial charge in [-0.25, -0.2) is 9.37 Å². The fourth-order valence-electron chi connectivity index (χ4n) is 1.53. The molecule has 0 spiro atoms. The second-order valence-electron chi connectivity index (χ2n) is 3.76. The predicted molar refractivity (Wildman–Crippen MR) is 70.4 cm³/mol. The molecule has 4 heteroatoms. The SMILES string of the molecule is Cc1cccnc1NCc1cc(Br)ccc1F. The molecule has 1 aromatic carbocycles. The molecule has 0 fully saturated rings. The van der Waals surface area contributed by atoms with Crippen molar-refractivity contribution in [3.05, 3.63) is 57.9 Å². The number of hydrogen-bond acceptors (Lipinski definition) is 2. The van der Waals surface area contributed by atoms with Crippen LogP contribution in [-0.4, -0.2) is 4.98 Å². The number of aromatic nitrogens is 1. The normalized spacial score (nSPS) is 10.3. The fraction of sp³-hybridized carbons (Fsp3) is 0.154. The number of nitrogens with zero attached hydrogens (tertiary/aromatic N) is 1. The molecule has 1 aromatic heterocycles. The van der Waals surface area contributed by atoms with Crippen LogP contribution in [0, 0.1) is 12.7 Å². The van der Waals surface area contributed by atoms with Crippen molar-refractivity contribution in [2.24, 2.45) is 0 Å². The molecule has 0 radical (unpaired) electrons. The number of anilines is 1. The number of hydrogen-bond donors (Lipinski definition) is 1. The number of aryl methyl sites for hydroxylation is 1. The molecule has 17 heavy (non-hydrogen) atoms. The van der Waals surface area contributed by atoms with Crippen molar-refractivity contribution in [1.82, 2.24) is 4.98 Å². The van der Waals surface area contributed by atoms with Gasteiger partial charge in [-0.1, -0.05) is 22.0 Å². The number of pyridine rings is 1. The Labute approximate surface area is 108 Å². The smallest absolute Gasteiger partial charge is 0.129 e. The van der Waals surface area contributed by atoms with Crippen LogP contribution in [0.2, 0.25) is 0 Å². The fourth-order valence-corrected chi connectivity index (χ4v) is 1.94. The highest BCUT2D eigenvalue weighted by Crippen LogP contribution is 2.17. The van der Waals surface area contributed by atoms with Crippen LogP contribution in [0.5, 0.6) is 0 Å². The van der Waals surface area contributed by atoms with Gasteiger partial charge in [-0.15, -0.1) is 0 Å². The maximum Gasteiger partial charge on any atom is 0.129 e. The molecule has 0 saturated heterocycles. The van der Waals surface area contributed by atoms with Gasteiger partial charge in [-0.3, -0.25) is 0 Å². The third-order valence-corrected chi connectivity index (χ3v) is 2.96. The first-order valence-corrected chi connectivity index (χ1v) is 6.05. The van der Waals surface area contributed by atoms with E-state index in [-0.39, 0.29) is 5.82 Å². The predicted octanol–water partition coefficient (Wildman–Crippen LogP) is 3.90.